The summed E-state index contributed by atoms with van der Waals surface area (Å²) in [6.45, 7) is 2.49. The molecule has 2 atom stereocenters. The van der Waals surface area contributed by atoms with Crippen LogP contribution in [0.5, 0.6) is 0 Å². The van der Waals surface area contributed by atoms with Crippen molar-refractivity contribution in [2.75, 3.05) is 6.61 Å². The zero-order valence-electron chi connectivity index (χ0n) is 13.6. The maximum Gasteiger partial charge on any atom is 0.107 e. The Balaban J connectivity index is 1.65. The van der Waals surface area contributed by atoms with Crippen LogP contribution in [0.4, 0.5) is 0 Å². The highest BCUT2D eigenvalue weighted by Crippen LogP contribution is 2.26. The second-order valence-corrected chi connectivity index (χ2v) is 6.43. The molecule has 1 N–H and O–H groups in total. The molecule has 1 aliphatic rings. The van der Waals surface area contributed by atoms with Gasteiger partial charge >= 0.3 is 0 Å². The molecule has 0 aliphatic carbocycles. The van der Waals surface area contributed by atoms with Gasteiger partial charge in [-0.05, 0) is 6.42 Å². The standard InChI is InChI=1S/C18H36O2/c1-2-3-4-5-6-7-8-9-10-11-12-13-14-15-17-18(16-19)20-17/h17-19H,2-16H2,1H3/t17-,18-/m0/s1. The normalized spacial score (nSPS) is 21.3. The van der Waals surface area contributed by atoms with Gasteiger partial charge in [-0.15, -0.1) is 0 Å². The third-order valence-electron chi connectivity index (χ3n) is 4.46. The molecule has 0 amide bonds. The lowest BCUT2D eigenvalue weighted by molar-refractivity contribution is 0.241. The topological polar surface area (TPSA) is 32.8 Å². The molecule has 0 aromatic carbocycles. The Labute approximate surface area is 126 Å². The quantitative estimate of drug-likeness (QED) is 0.330. The average molecular weight is 284 g/mol. The minimum Gasteiger partial charge on any atom is -0.394 e. The van der Waals surface area contributed by atoms with Crippen molar-refractivity contribution in [1.82, 2.24) is 0 Å². The second kappa shape index (κ2) is 12.6. The summed E-state index contributed by atoms with van der Waals surface area (Å²) in [4.78, 5) is 0. The van der Waals surface area contributed by atoms with Crippen LogP contribution in [0.15, 0.2) is 0 Å². The first-order valence-electron chi connectivity index (χ1n) is 9.14. The Morgan fingerprint density at radius 2 is 1.10 bits per heavy atom. The van der Waals surface area contributed by atoms with Crippen LogP contribution in [0.25, 0.3) is 0 Å². The SMILES string of the molecule is CCCCCCCCCCCCCCC[C@@H]1O[C@H]1CO. The molecule has 1 heterocycles. The summed E-state index contributed by atoms with van der Waals surface area (Å²) in [5, 5.41) is 8.86. The zero-order valence-corrected chi connectivity index (χ0v) is 13.6. The van der Waals surface area contributed by atoms with E-state index in [0.29, 0.717) is 6.10 Å². The molecular formula is C18H36O2. The second-order valence-electron chi connectivity index (χ2n) is 6.43. The fourth-order valence-corrected chi connectivity index (χ4v) is 2.96. The Kier molecular flexibility index (Phi) is 11.4. The van der Waals surface area contributed by atoms with Gasteiger partial charge in [0.25, 0.3) is 0 Å². The van der Waals surface area contributed by atoms with Gasteiger partial charge in [0, 0.05) is 0 Å². The highest BCUT2D eigenvalue weighted by molar-refractivity contribution is 4.83. The van der Waals surface area contributed by atoms with Crippen molar-refractivity contribution in [2.45, 2.75) is 109 Å². The largest absolute Gasteiger partial charge is 0.394 e. The van der Waals surface area contributed by atoms with Gasteiger partial charge in [0.15, 0.2) is 0 Å². The molecular weight excluding hydrogens is 248 g/mol. The van der Waals surface area contributed by atoms with Gasteiger partial charge in [-0.2, -0.15) is 0 Å². The molecule has 0 unspecified atom stereocenters. The van der Waals surface area contributed by atoms with E-state index in [1.165, 1.54) is 83.5 Å². The summed E-state index contributed by atoms with van der Waals surface area (Å²) in [7, 11) is 0. The van der Waals surface area contributed by atoms with Crippen molar-refractivity contribution in [2.24, 2.45) is 0 Å². The molecule has 0 radical (unpaired) electrons. The zero-order chi connectivity index (χ0) is 14.5. The van der Waals surface area contributed by atoms with Gasteiger partial charge in [-0.1, -0.05) is 90.4 Å². The molecule has 1 fully saturated rings. The smallest absolute Gasteiger partial charge is 0.107 e. The predicted molar refractivity (Wildman–Crippen MR) is 86.1 cm³/mol. The number of hydrogen-bond donors (Lipinski definition) is 1. The molecule has 0 bridgehead atoms. The summed E-state index contributed by atoms with van der Waals surface area (Å²) in [6, 6.07) is 0. The fraction of sp³-hybridized carbons (Fsp3) is 1.00. The molecule has 20 heavy (non-hydrogen) atoms. The monoisotopic (exact) mass is 284 g/mol. The number of rotatable bonds is 15. The summed E-state index contributed by atoms with van der Waals surface area (Å²) < 4.78 is 5.32. The van der Waals surface area contributed by atoms with Gasteiger partial charge in [-0.3, -0.25) is 0 Å². The third-order valence-corrected chi connectivity index (χ3v) is 4.46. The molecule has 1 rings (SSSR count). The van der Waals surface area contributed by atoms with E-state index in [9.17, 15) is 0 Å². The minimum absolute atomic E-state index is 0.173. The van der Waals surface area contributed by atoms with Crippen LogP contribution in [0, 0.1) is 0 Å². The molecule has 0 spiro atoms. The van der Waals surface area contributed by atoms with Crippen molar-refractivity contribution in [1.29, 1.82) is 0 Å². The van der Waals surface area contributed by atoms with Crippen molar-refractivity contribution in [3.8, 4) is 0 Å². The molecule has 1 saturated heterocycles. The van der Waals surface area contributed by atoms with Crippen LogP contribution in [-0.2, 0) is 4.74 Å². The Morgan fingerprint density at radius 1 is 0.650 bits per heavy atom. The van der Waals surface area contributed by atoms with Gasteiger partial charge in [0.05, 0.1) is 12.7 Å². The molecule has 1 aliphatic heterocycles. The lowest BCUT2D eigenvalue weighted by Crippen LogP contribution is -1.98. The Morgan fingerprint density at radius 3 is 1.50 bits per heavy atom. The first-order valence-corrected chi connectivity index (χ1v) is 9.14. The number of aliphatic hydroxyl groups is 1. The first kappa shape index (κ1) is 18.0. The number of ether oxygens (including phenoxy) is 1. The van der Waals surface area contributed by atoms with E-state index in [4.69, 9.17) is 9.84 Å². The van der Waals surface area contributed by atoms with E-state index >= 15 is 0 Å². The average Bonchev–Trinajstić information content (AvgIpc) is 3.22. The van der Waals surface area contributed by atoms with Crippen LogP contribution < -0.4 is 0 Å². The van der Waals surface area contributed by atoms with E-state index in [0.717, 1.165) is 6.42 Å². The Bertz CT molecular complexity index is 206. The molecule has 2 nitrogen and oxygen atoms in total. The lowest BCUT2D eigenvalue weighted by Gasteiger charge is -2.02. The molecule has 0 aromatic heterocycles. The molecule has 2 heteroatoms. The van der Waals surface area contributed by atoms with Crippen molar-refractivity contribution in [3.05, 3.63) is 0 Å². The van der Waals surface area contributed by atoms with E-state index in [2.05, 4.69) is 6.92 Å². The summed E-state index contributed by atoms with van der Waals surface area (Å²) in [6.07, 6.45) is 20.0. The van der Waals surface area contributed by atoms with E-state index < -0.39 is 0 Å². The first-order chi connectivity index (χ1) is 9.88. The highest BCUT2D eigenvalue weighted by atomic mass is 16.6. The fourth-order valence-electron chi connectivity index (χ4n) is 2.96. The maximum absolute atomic E-state index is 8.86. The van der Waals surface area contributed by atoms with Crippen molar-refractivity contribution < 1.29 is 9.84 Å². The van der Waals surface area contributed by atoms with E-state index in [1.54, 1.807) is 0 Å². The van der Waals surface area contributed by atoms with Crippen molar-refractivity contribution >= 4 is 0 Å². The van der Waals surface area contributed by atoms with Gasteiger partial charge in [-0.25, -0.2) is 0 Å². The van der Waals surface area contributed by atoms with Crippen LogP contribution >= 0.6 is 0 Å². The minimum atomic E-state index is 0.173. The number of unbranched alkanes of at least 4 members (excludes halogenated alkanes) is 12. The van der Waals surface area contributed by atoms with Gasteiger partial charge < -0.3 is 9.84 Å². The van der Waals surface area contributed by atoms with E-state index in [1.807, 2.05) is 0 Å². The molecule has 0 aromatic rings. The van der Waals surface area contributed by atoms with Crippen LogP contribution in [0.3, 0.4) is 0 Å². The summed E-state index contributed by atoms with van der Waals surface area (Å²) >= 11 is 0. The van der Waals surface area contributed by atoms with Crippen LogP contribution in [-0.4, -0.2) is 23.9 Å². The van der Waals surface area contributed by atoms with Crippen LogP contribution in [0.2, 0.25) is 0 Å². The summed E-state index contributed by atoms with van der Waals surface area (Å²) in [5.74, 6) is 0. The molecule has 120 valence electrons. The van der Waals surface area contributed by atoms with E-state index in [-0.39, 0.29) is 12.7 Å². The number of aliphatic hydroxyl groups excluding tert-OH is 1. The lowest BCUT2D eigenvalue weighted by atomic mass is 10.0. The highest BCUT2D eigenvalue weighted by Gasteiger charge is 2.36. The van der Waals surface area contributed by atoms with Crippen LogP contribution in [0.1, 0.15) is 96.8 Å². The third kappa shape index (κ3) is 9.77. The number of epoxide rings is 1. The summed E-state index contributed by atoms with van der Waals surface area (Å²) in [5.41, 5.74) is 0. The van der Waals surface area contributed by atoms with Crippen molar-refractivity contribution in [3.63, 3.8) is 0 Å². The molecule has 0 saturated carbocycles. The predicted octanol–water partition coefficient (Wildman–Crippen LogP) is 5.23. The number of hydrogen-bond acceptors (Lipinski definition) is 2. The van der Waals surface area contributed by atoms with Gasteiger partial charge in [0.1, 0.15) is 6.10 Å². The van der Waals surface area contributed by atoms with Gasteiger partial charge in [0.2, 0.25) is 0 Å². The maximum atomic E-state index is 8.86. The Hall–Kier alpha value is -0.0800.